The van der Waals surface area contributed by atoms with Crippen LogP contribution >= 0.6 is 11.6 Å². The molecule has 0 aliphatic heterocycles. The Morgan fingerprint density at radius 3 is 2.88 bits per heavy atom. The molecule has 0 unspecified atom stereocenters. The van der Waals surface area contributed by atoms with Crippen LogP contribution in [-0.2, 0) is 6.54 Å². The zero-order chi connectivity index (χ0) is 12.4. The highest BCUT2D eigenvalue weighted by Crippen LogP contribution is 2.17. The summed E-state index contributed by atoms with van der Waals surface area (Å²) in [5.41, 5.74) is 0.373. The second-order valence-corrected chi connectivity index (χ2v) is 3.97. The molecule has 0 aliphatic carbocycles. The first-order chi connectivity index (χ1) is 8.11. The van der Waals surface area contributed by atoms with Gasteiger partial charge in [-0.15, -0.1) is 0 Å². The van der Waals surface area contributed by atoms with E-state index in [4.69, 9.17) is 11.6 Å². The summed E-state index contributed by atoms with van der Waals surface area (Å²) in [6, 6.07) is 3.99. The SMILES string of the molecule is CCn1cc(C(=O)c2ccc(Cl)cc2F)cn1. The first-order valence-corrected chi connectivity index (χ1v) is 5.52. The number of carbonyl (C=O) groups excluding carboxylic acids is 1. The van der Waals surface area contributed by atoms with E-state index in [0.29, 0.717) is 12.1 Å². The largest absolute Gasteiger partial charge is 0.288 e. The Kier molecular flexibility index (Phi) is 3.24. The number of hydrogen-bond donors (Lipinski definition) is 0. The van der Waals surface area contributed by atoms with Gasteiger partial charge < -0.3 is 0 Å². The predicted octanol–water partition coefficient (Wildman–Crippen LogP) is 2.93. The Morgan fingerprint density at radius 2 is 2.29 bits per heavy atom. The van der Waals surface area contributed by atoms with E-state index in [1.807, 2.05) is 6.92 Å². The third-order valence-electron chi connectivity index (χ3n) is 2.40. The quantitative estimate of drug-likeness (QED) is 0.788. The van der Waals surface area contributed by atoms with E-state index in [1.165, 1.54) is 18.3 Å². The van der Waals surface area contributed by atoms with E-state index < -0.39 is 5.82 Å². The fourth-order valence-electron chi connectivity index (χ4n) is 1.48. The zero-order valence-corrected chi connectivity index (χ0v) is 9.91. The summed E-state index contributed by atoms with van der Waals surface area (Å²) >= 11 is 5.63. The van der Waals surface area contributed by atoms with Gasteiger partial charge in [-0.25, -0.2) is 4.39 Å². The standard InChI is InChI=1S/C12H10ClFN2O/c1-2-16-7-8(6-15-16)12(17)10-4-3-9(13)5-11(10)14/h3-7H,2H2,1H3. The third-order valence-corrected chi connectivity index (χ3v) is 2.63. The summed E-state index contributed by atoms with van der Waals surface area (Å²) in [4.78, 5) is 12.0. The van der Waals surface area contributed by atoms with Gasteiger partial charge >= 0.3 is 0 Å². The topological polar surface area (TPSA) is 34.9 Å². The Morgan fingerprint density at radius 1 is 1.53 bits per heavy atom. The summed E-state index contributed by atoms with van der Waals surface area (Å²) in [7, 11) is 0. The molecular formula is C12H10ClFN2O. The van der Waals surface area contributed by atoms with Crippen LogP contribution in [0.15, 0.2) is 30.6 Å². The number of aryl methyl sites for hydroxylation is 1. The summed E-state index contributed by atoms with van der Waals surface area (Å²) in [5.74, 6) is -1.01. The van der Waals surface area contributed by atoms with Crippen LogP contribution in [0, 0.1) is 5.82 Å². The molecule has 0 spiro atoms. The van der Waals surface area contributed by atoms with Gasteiger partial charge in [0.1, 0.15) is 5.82 Å². The molecule has 0 N–H and O–H groups in total. The molecule has 2 rings (SSSR count). The molecular weight excluding hydrogens is 243 g/mol. The number of nitrogens with zero attached hydrogens (tertiary/aromatic N) is 2. The smallest absolute Gasteiger partial charge is 0.199 e. The van der Waals surface area contributed by atoms with Crippen molar-refractivity contribution >= 4 is 17.4 Å². The van der Waals surface area contributed by atoms with Crippen molar-refractivity contribution in [3.05, 3.63) is 52.6 Å². The second-order valence-electron chi connectivity index (χ2n) is 3.54. The third kappa shape index (κ3) is 2.36. The van der Waals surface area contributed by atoms with Crippen molar-refractivity contribution in [3.8, 4) is 0 Å². The van der Waals surface area contributed by atoms with Crippen molar-refractivity contribution in [1.29, 1.82) is 0 Å². The van der Waals surface area contributed by atoms with Crippen LogP contribution in [0.4, 0.5) is 4.39 Å². The van der Waals surface area contributed by atoms with E-state index >= 15 is 0 Å². The Bertz CT molecular complexity index is 565. The molecule has 0 amide bonds. The molecule has 0 radical (unpaired) electrons. The lowest BCUT2D eigenvalue weighted by Crippen LogP contribution is -2.03. The van der Waals surface area contributed by atoms with Crippen LogP contribution in [0.2, 0.25) is 5.02 Å². The van der Waals surface area contributed by atoms with Gasteiger partial charge in [0.05, 0.1) is 17.3 Å². The van der Waals surface area contributed by atoms with Crippen LogP contribution in [0.1, 0.15) is 22.8 Å². The van der Waals surface area contributed by atoms with Crippen molar-refractivity contribution in [1.82, 2.24) is 9.78 Å². The monoisotopic (exact) mass is 252 g/mol. The van der Waals surface area contributed by atoms with Crippen molar-refractivity contribution in [3.63, 3.8) is 0 Å². The summed E-state index contributed by atoms with van der Waals surface area (Å²) in [5, 5.41) is 4.24. The van der Waals surface area contributed by atoms with Gasteiger partial charge in [-0.3, -0.25) is 9.48 Å². The van der Waals surface area contributed by atoms with E-state index in [9.17, 15) is 9.18 Å². The van der Waals surface area contributed by atoms with Gasteiger partial charge in [-0.2, -0.15) is 5.10 Å². The van der Waals surface area contributed by atoms with Crippen LogP contribution in [0.3, 0.4) is 0 Å². The number of ketones is 1. The maximum atomic E-state index is 13.5. The van der Waals surface area contributed by atoms with E-state index in [-0.39, 0.29) is 16.4 Å². The van der Waals surface area contributed by atoms with Crippen LogP contribution < -0.4 is 0 Å². The average Bonchev–Trinajstić information content (AvgIpc) is 2.76. The molecule has 0 aliphatic rings. The fraction of sp³-hybridized carbons (Fsp3) is 0.167. The van der Waals surface area contributed by atoms with Crippen LogP contribution in [0.5, 0.6) is 0 Å². The first kappa shape index (κ1) is 11.8. The number of aromatic nitrogens is 2. The van der Waals surface area contributed by atoms with E-state index in [0.717, 1.165) is 6.07 Å². The molecule has 1 heterocycles. The summed E-state index contributed by atoms with van der Waals surface area (Å²) in [6.07, 6.45) is 3.02. The molecule has 0 atom stereocenters. The van der Waals surface area contributed by atoms with Gasteiger partial charge in [0, 0.05) is 17.8 Å². The van der Waals surface area contributed by atoms with Crippen LogP contribution in [-0.4, -0.2) is 15.6 Å². The molecule has 0 saturated heterocycles. The fourth-order valence-corrected chi connectivity index (χ4v) is 1.64. The van der Waals surface area contributed by atoms with Crippen molar-refractivity contribution < 1.29 is 9.18 Å². The number of hydrogen-bond acceptors (Lipinski definition) is 2. The van der Waals surface area contributed by atoms with Crippen LogP contribution in [0.25, 0.3) is 0 Å². The summed E-state index contributed by atoms with van der Waals surface area (Å²) in [6.45, 7) is 2.57. The first-order valence-electron chi connectivity index (χ1n) is 5.14. The maximum Gasteiger partial charge on any atom is 0.199 e. The predicted molar refractivity (Wildman–Crippen MR) is 62.7 cm³/mol. The highest BCUT2D eigenvalue weighted by Gasteiger charge is 2.15. The van der Waals surface area contributed by atoms with Gasteiger partial charge in [0.25, 0.3) is 0 Å². The zero-order valence-electron chi connectivity index (χ0n) is 9.15. The van der Waals surface area contributed by atoms with Gasteiger partial charge in [-0.05, 0) is 25.1 Å². The minimum Gasteiger partial charge on any atom is -0.288 e. The molecule has 0 saturated carbocycles. The lowest BCUT2D eigenvalue weighted by atomic mass is 10.1. The van der Waals surface area contributed by atoms with E-state index in [1.54, 1.807) is 10.9 Å². The molecule has 0 bridgehead atoms. The highest BCUT2D eigenvalue weighted by atomic mass is 35.5. The molecule has 0 fully saturated rings. The van der Waals surface area contributed by atoms with E-state index in [2.05, 4.69) is 5.10 Å². The minimum atomic E-state index is -0.619. The Labute approximate surface area is 103 Å². The van der Waals surface area contributed by atoms with Crippen molar-refractivity contribution in [2.75, 3.05) is 0 Å². The minimum absolute atomic E-state index is 0.00468. The Balaban J connectivity index is 2.36. The highest BCUT2D eigenvalue weighted by molar-refractivity contribution is 6.30. The summed E-state index contributed by atoms with van der Waals surface area (Å²) < 4.78 is 15.2. The number of carbonyl (C=O) groups is 1. The number of halogens is 2. The van der Waals surface area contributed by atoms with Crippen molar-refractivity contribution in [2.45, 2.75) is 13.5 Å². The normalized spacial score (nSPS) is 10.5. The molecule has 1 aromatic carbocycles. The number of benzene rings is 1. The lowest BCUT2D eigenvalue weighted by Gasteiger charge is -2.00. The molecule has 1 aromatic heterocycles. The average molecular weight is 253 g/mol. The van der Waals surface area contributed by atoms with Gasteiger partial charge in [0.15, 0.2) is 5.78 Å². The van der Waals surface area contributed by atoms with Crippen molar-refractivity contribution in [2.24, 2.45) is 0 Å². The second kappa shape index (κ2) is 4.67. The molecule has 2 aromatic rings. The Hall–Kier alpha value is -1.68. The number of rotatable bonds is 3. The maximum absolute atomic E-state index is 13.5. The molecule has 17 heavy (non-hydrogen) atoms. The van der Waals surface area contributed by atoms with Gasteiger partial charge in [-0.1, -0.05) is 11.6 Å². The lowest BCUT2D eigenvalue weighted by molar-refractivity contribution is 0.103. The van der Waals surface area contributed by atoms with Gasteiger partial charge in [0.2, 0.25) is 0 Å². The molecule has 3 nitrogen and oxygen atoms in total. The molecule has 5 heteroatoms. The molecule has 88 valence electrons.